The molecular formula is C9H17NO3. The van der Waals surface area contributed by atoms with Crippen molar-refractivity contribution in [1.29, 1.82) is 0 Å². The first-order chi connectivity index (χ1) is 5.78. The van der Waals surface area contributed by atoms with Crippen LogP contribution in [-0.2, 0) is 14.3 Å². The summed E-state index contributed by atoms with van der Waals surface area (Å²) in [6, 6.07) is -0.491. The van der Waals surface area contributed by atoms with Gasteiger partial charge in [-0.25, -0.2) is 4.79 Å². The number of esters is 1. The molecule has 0 saturated carbocycles. The highest BCUT2D eigenvalue weighted by Crippen LogP contribution is 2.07. The fourth-order valence-corrected chi connectivity index (χ4v) is 0.636. The minimum absolute atomic E-state index is 0.491. The largest absolute Gasteiger partial charge is 0.454 e. The van der Waals surface area contributed by atoms with Crippen molar-refractivity contribution < 1.29 is 14.3 Å². The Morgan fingerprint density at radius 2 is 1.77 bits per heavy atom. The van der Waals surface area contributed by atoms with Gasteiger partial charge in [-0.3, -0.25) is 4.79 Å². The molecule has 0 unspecified atom stereocenters. The Hall–Kier alpha value is -0.900. The van der Waals surface area contributed by atoms with Gasteiger partial charge >= 0.3 is 5.97 Å². The zero-order chi connectivity index (χ0) is 10.6. The maximum absolute atomic E-state index is 11.2. The summed E-state index contributed by atoms with van der Waals surface area (Å²) in [5.41, 5.74) is -0.611. The minimum atomic E-state index is -0.783. The van der Waals surface area contributed by atoms with E-state index in [1.807, 2.05) is 0 Å². The summed E-state index contributed by atoms with van der Waals surface area (Å²) in [5.74, 6) is -1.33. The lowest BCUT2D eigenvalue weighted by Crippen LogP contribution is -2.39. The molecule has 0 aliphatic carbocycles. The van der Waals surface area contributed by atoms with Crippen molar-refractivity contribution in [3.05, 3.63) is 0 Å². The van der Waals surface area contributed by atoms with Crippen LogP contribution in [0.1, 0.15) is 27.7 Å². The summed E-state index contributed by atoms with van der Waals surface area (Å²) < 4.78 is 4.89. The van der Waals surface area contributed by atoms with Gasteiger partial charge in [-0.2, -0.15) is 0 Å². The van der Waals surface area contributed by atoms with Crippen LogP contribution < -0.4 is 5.32 Å². The molecule has 1 N–H and O–H groups in total. The SMILES string of the molecule is CN[C@@H](C)C(=O)C(=O)OC(C)(C)C. The van der Waals surface area contributed by atoms with Crippen molar-refractivity contribution >= 4 is 11.8 Å². The first-order valence-corrected chi connectivity index (χ1v) is 4.22. The van der Waals surface area contributed by atoms with Crippen molar-refractivity contribution in [3.63, 3.8) is 0 Å². The molecule has 13 heavy (non-hydrogen) atoms. The predicted octanol–water partition coefficient (Wildman–Crippen LogP) is 0.505. The van der Waals surface area contributed by atoms with Crippen molar-refractivity contribution in [2.75, 3.05) is 7.05 Å². The molecule has 0 aromatic rings. The number of ketones is 1. The first-order valence-electron chi connectivity index (χ1n) is 4.22. The molecule has 1 atom stereocenters. The van der Waals surface area contributed by atoms with Gasteiger partial charge in [0.2, 0.25) is 0 Å². The van der Waals surface area contributed by atoms with Gasteiger partial charge in [0.05, 0.1) is 6.04 Å². The van der Waals surface area contributed by atoms with E-state index >= 15 is 0 Å². The fourth-order valence-electron chi connectivity index (χ4n) is 0.636. The van der Waals surface area contributed by atoms with Crippen LogP contribution in [0.25, 0.3) is 0 Å². The number of carbonyl (C=O) groups is 2. The van der Waals surface area contributed by atoms with E-state index in [2.05, 4.69) is 5.32 Å². The van der Waals surface area contributed by atoms with E-state index in [1.54, 1.807) is 34.7 Å². The van der Waals surface area contributed by atoms with Crippen LogP contribution >= 0.6 is 0 Å². The lowest BCUT2D eigenvalue weighted by molar-refractivity contribution is -0.163. The molecule has 0 heterocycles. The van der Waals surface area contributed by atoms with Crippen LogP contribution in [0.2, 0.25) is 0 Å². The third-order valence-corrected chi connectivity index (χ3v) is 1.43. The number of hydrogen-bond donors (Lipinski definition) is 1. The van der Waals surface area contributed by atoms with Gasteiger partial charge in [0.1, 0.15) is 5.60 Å². The summed E-state index contributed by atoms with van der Waals surface area (Å²) in [6.45, 7) is 6.79. The number of carbonyl (C=O) groups excluding carboxylic acids is 2. The third-order valence-electron chi connectivity index (χ3n) is 1.43. The standard InChI is InChI=1S/C9H17NO3/c1-6(10-5)7(11)8(12)13-9(2,3)4/h6,10H,1-5H3/t6-/m0/s1. The number of ether oxygens (including phenoxy) is 1. The van der Waals surface area contributed by atoms with E-state index in [9.17, 15) is 9.59 Å². The van der Waals surface area contributed by atoms with E-state index in [0.717, 1.165) is 0 Å². The molecule has 0 aliphatic rings. The normalized spacial score (nSPS) is 13.6. The van der Waals surface area contributed by atoms with E-state index in [1.165, 1.54) is 0 Å². The molecule has 0 spiro atoms. The van der Waals surface area contributed by atoms with Gasteiger partial charge in [0.15, 0.2) is 0 Å². The molecule has 0 bridgehead atoms. The number of Topliss-reactive ketones (excluding diaryl/α,β-unsaturated/α-hetero) is 1. The Kier molecular flexibility index (Phi) is 4.07. The molecule has 4 heteroatoms. The summed E-state index contributed by atoms with van der Waals surface area (Å²) in [5, 5.41) is 2.68. The van der Waals surface area contributed by atoms with Crippen molar-refractivity contribution in [2.24, 2.45) is 0 Å². The van der Waals surface area contributed by atoms with Crippen LogP contribution in [0.4, 0.5) is 0 Å². The van der Waals surface area contributed by atoms with E-state index < -0.39 is 23.4 Å². The number of likely N-dealkylation sites (N-methyl/N-ethyl adjacent to an activating group) is 1. The van der Waals surface area contributed by atoms with Gasteiger partial charge < -0.3 is 10.1 Å². The fraction of sp³-hybridized carbons (Fsp3) is 0.778. The molecule has 0 aromatic heterocycles. The van der Waals surface area contributed by atoms with Crippen molar-refractivity contribution in [1.82, 2.24) is 5.32 Å². The van der Waals surface area contributed by atoms with Gasteiger partial charge in [0.25, 0.3) is 5.78 Å². The van der Waals surface area contributed by atoms with Gasteiger partial charge in [-0.15, -0.1) is 0 Å². The Morgan fingerprint density at radius 1 is 1.31 bits per heavy atom. The van der Waals surface area contributed by atoms with Gasteiger partial charge in [-0.05, 0) is 34.7 Å². The number of rotatable bonds is 3. The number of hydrogen-bond acceptors (Lipinski definition) is 4. The second-order valence-electron chi connectivity index (χ2n) is 3.88. The average Bonchev–Trinajstić information content (AvgIpc) is 1.98. The highest BCUT2D eigenvalue weighted by atomic mass is 16.6. The smallest absolute Gasteiger partial charge is 0.376 e. The lowest BCUT2D eigenvalue weighted by Gasteiger charge is -2.19. The Morgan fingerprint density at radius 3 is 2.08 bits per heavy atom. The summed E-state index contributed by atoms with van der Waals surface area (Å²) in [7, 11) is 1.62. The van der Waals surface area contributed by atoms with Crippen LogP contribution in [0.5, 0.6) is 0 Å². The van der Waals surface area contributed by atoms with Crippen LogP contribution in [0.15, 0.2) is 0 Å². The van der Waals surface area contributed by atoms with Crippen LogP contribution in [-0.4, -0.2) is 30.4 Å². The number of nitrogens with one attached hydrogen (secondary N) is 1. The summed E-state index contributed by atoms with van der Waals surface area (Å²) >= 11 is 0. The molecule has 0 amide bonds. The molecule has 0 radical (unpaired) electrons. The van der Waals surface area contributed by atoms with E-state index in [-0.39, 0.29) is 0 Å². The van der Waals surface area contributed by atoms with E-state index in [0.29, 0.717) is 0 Å². The monoisotopic (exact) mass is 187 g/mol. The Balaban J connectivity index is 4.21. The topological polar surface area (TPSA) is 55.4 Å². The zero-order valence-corrected chi connectivity index (χ0v) is 8.80. The molecule has 0 fully saturated rings. The first kappa shape index (κ1) is 12.1. The quantitative estimate of drug-likeness (QED) is 0.516. The van der Waals surface area contributed by atoms with Gasteiger partial charge in [0, 0.05) is 0 Å². The zero-order valence-electron chi connectivity index (χ0n) is 8.80. The summed E-state index contributed by atoms with van der Waals surface area (Å²) in [6.07, 6.45) is 0. The third kappa shape index (κ3) is 4.62. The summed E-state index contributed by atoms with van der Waals surface area (Å²) in [4.78, 5) is 22.4. The highest BCUT2D eigenvalue weighted by molar-refractivity contribution is 6.35. The van der Waals surface area contributed by atoms with Crippen molar-refractivity contribution in [3.8, 4) is 0 Å². The molecule has 0 aromatic carbocycles. The van der Waals surface area contributed by atoms with Crippen molar-refractivity contribution in [2.45, 2.75) is 39.3 Å². The molecule has 0 rings (SSSR count). The van der Waals surface area contributed by atoms with Gasteiger partial charge in [-0.1, -0.05) is 0 Å². The highest BCUT2D eigenvalue weighted by Gasteiger charge is 2.25. The molecule has 76 valence electrons. The second-order valence-corrected chi connectivity index (χ2v) is 3.88. The minimum Gasteiger partial charge on any atom is -0.454 e. The Labute approximate surface area is 78.6 Å². The van der Waals surface area contributed by atoms with E-state index in [4.69, 9.17) is 4.74 Å². The molecule has 0 aliphatic heterocycles. The molecular weight excluding hydrogens is 170 g/mol. The maximum Gasteiger partial charge on any atom is 0.376 e. The van der Waals surface area contributed by atoms with Crippen LogP contribution in [0, 0.1) is 0 Å². The lowest BCUT2D eigenvalue weighted by atomic mass is 10.1. The molecule has 0 saturated heterocycles. The maximum atomic E-state index is 11.2. The second kappa shape index (κ2) is 4.37. The van der Waals surface area contributed by atoms with Crippen LogP contribution in [0.3, 0.4) is 0 Å². The Bertz CT molecular complexity index is 205. The average molecular weight is 187 g/mol. The molecule has 4 nitrogen and oxygen atoms in total. The predicted molar refractivity (Wildman–Crippen MR) is 49.4 cm³/mol.